The molecule has 1 rings (SSSR count). The number of carbonyl (C=O) groups excluding carboxylic acids is 2. The molecule has 1 saturated heterocycles. The topological polar surface area (TPSA) is 49.4 Å². The first-order valence-electron chi connectivity index (χ1n) is 6.24. The van der Waals surface area contributed by atoms with E-state index in [1.807, 2.05) is 13.8 Å². The zero-order valence-corrected chi connectivity index (χ0v) is 11.8. The highest BCUT2D eigenvalue weighted by molar-refractivity contribution is 5.97. The normalized spacial score (nSPS) is 28.0. The molecule has 17 heavy (non-hydrogen) atoms. The monoisotopic (exact) mass is 240 g/mol. The number of piperazine rings is 1. The zero-order chi connectivity index (χ0) is 13.4. The van der Waals surface area contributed by atoms with Crippen LogP contribution in [0.3, 0.4) is 0 Å². The molecule has 4 nitrogen and oxygen atoms in total. The molecular formula is C13H24N2O2. The minimum atomic E-state index is -0.741. The molecule has 4 heteroatoms. The summed E-state index contributed by atoms with van der Waals surface area (Å²) in [5, 5.41) is 2.80. The molecule has 0 radical (unpaired) electrons. The van der Waals surface area contributed by atoms with Crippen molar-refractivity contribution in [3.63, 3.8) is 0 Å². The van der Waals surface area contributed by atoms with Gasteiger partial charge in [0.2, 0.25) is 11.8 Å². The minimum Gasteiger partial charge on any atom is -0.340 e. The van der Waals surface area contributed by atoms with E-state index in [-0.39, 0.29) is 29.8 Å². The molecule has 98 valence electrons. The van der Waals surface area contributed by atoms with E-state index < -0.39 is 5.54 Å². The molecule has 0 aromatic rings. The Kier molecular flexibility index (Phi) is 3.55. The summed E-state index contributed by atoms with van der Waals surface area (Å²) in [5.41, 5.74) is -0.767. The Morgan fingerprint density at radius 1 is 1.41 bits per heavy atom. The quantitative estimate of drug-likeness (QED) is 0.796. The Labute approximate surface area is 104 Å². The average molecular weight is 240 g/mol. The fourth-order valence-electron chi connectivity index (χ4n) is 1.96. The highest BCUT2D eigenvalue weighted by Gasteiger charge is 2.44. The third kappa shape index (κ3) is 2.61. The molecule has 1 aliphatic heterocycles. The van der Waals surface area contributed by atoms with E-state index in [9.17, 15) is 9.59 Å². The van der Waals surface area contributed by atoms with E-state index in [4.69, 9.17) is 0 Å². The van der Waals surface area contributed by atoms with Crippen LogP contribution >= 0.6 is 0 Å². The Bertz CT molecular complexity index is 333. The Morgan fingerprint density at radius 3 is 2.35 bits per heavy atom. The predicted octanol–water partition coefficient (Wildman–Crippen LogP) is 1.55. The van der Waals surface area contributed by atoms with Crippen LogP contribution in [0.4, 0.5) is 0 Å². The lowest BCUT2D eigenvalue weighted by atomic mass is 9.84. The second-order valence-electron chi connectivity index (χ2n) is 6.21. The molecule has 2 atom stereocenters. The van der Waals surface area contributed by atoms with E-state index in [1.165, 1.54) is 0 Å². The van der Waals surface area contributed by atoms with Gasteiger partial charge in [-0.05, 0) is 25.7 Å². The molecule has 1 aliphatic rings. The number of amides is 2. The van der Waals surface area contributed by atoms with Crippen molar-refractivity contribution >= 4 is 11.8 Å². The number of rotatable bonds is 2. The van der Waals surface area contributed by atoms with Crippen molar-refractivity contribution in [2.24, 2.45) is 5.41 Å². The summed E-state index contributed by atoms with van der Waals surface area (Å²) >= 11 is 0. The van der Waals surface area contributed by atoms with E-state index in [0.717, 1.165) is 0 Å². The number of hydrogen-bond acceptors (Lipinski definition) is 2. The van der Waals surface area contributed by atoms with E-state index in [1.54, 1.807) is 11.8 Å². The van der Waals surface area contributed by atoms with Crippen LogP contribution in [0.25, 0.3) is 0 Å². The highest BCUT2D eigenvalue weighted by atomic mass is 16.2. The number of hydrogen-bond donors (Lipinski definition) is 1. The fraction of sp³-hybridized carbons (Fsp3) is 0.846. The van der Waals surface area contributed by atoms with Crippen molar-refractivity contribution in [3.8, 4) is 0 Å². The summed E-state index contributed by atoms with van der Waals surface area (Å²) in [6, 6.07) is 0.0481. The van der Waals surface area contributed by atoms with Gasteiger partial charge in [0.05, 0.1) is 6.54 Å². The molecule has 0 aromatic heterocycles. The summed E-state index contributed by atoms with van der Waals surface area (Å²) in [7, 11) is 0. The van der Waals surface area contributed by atoms with Gasteiger partial charge in [0.25, 0.3) is 0 Å². The van der Waals surface area contributed by atoms with Gasteiger partial charge in [-0.1, -0.05) is 27.7 Å². The third-order valence-corrected chi connectivity index (χ3v) is 3.89. The minimum absolute atomic E-state index is 0.0259. The summed E-state index contributed by atoms with van der Waals surface area (Å²) in [4.78, 5) is 25.9. The van der Waals surface area contributed by atoms with Crippen molar-refractivity contribution in [2.45, 2.75) is 59.5 Å². The van der Waals surface area contributed by atoms with Crippen molar-refractivity contribution in [3.05, 3.63) is 0 Å². The summed E-state index contributed by atoms with van der Waals surface area (Å²) < 4.78 is 0. The highest BCUT2D eigenvalue weighted by Crippen LogP contribution is 2.28. The van der Waals surface area contributed by atoms with Gasteiger partial charge in [0.1, 0.15) is 5.54 Å². The smallest absolute Gasteiger partial charge is 0.248 e. The Hall–Kier alpha value is -1.06. The van der Waals surface area contributed by atoms with Gasteiger partial charge in [-0.15, -0.1) is 0 Å². The van der Waals surface area contributed by atoms with Crippen LogP contribution in [0, 0.1) is 5.41 Å². The summed E-state index contributed by atoms with van der Waals surface area (Å²) in [6.45, 7) is 12.2. The van der Waals surface area contributed by atoms with Gasteiger partial charge < -0.3 is 10.2 Å². The first-order chi connectivity index (χ1) is 7.62. The van der Waals surface area contributed by atoms with Gasteiger partial charge in [-0.3, -0.25) is 9.59 Å². The Balaban J connectivity index is 3.01. The van der Waals surface area contributed by atoms with Crippen LogP contribution in [0.15, 0.2) is 0 Å². The van der Waals surface area contributed by atoms with E-state index in [2.05, 4.69) is 26.1 Å². The number of carbonyl (C=O) groups is 2. The van der Waals surface area contributed by atoms with Crippen molar-refractivity contribution < 1.29 is 9.59 Å². The van der Waals surface area contributed by atoms with Gasteiger partial charge in [-0.2, -0.15) is 0 Å². The van der Waals surface area contributed by atoms with Crippen LogP contribution in [-0.2, 0) is 9.59 Å². The molecule has 0 bridgehead atoms. The maximum absolute atomic E-state index is 12.4. The standard InChI is InChI=1S/C13H24N2O2/c1-7-13(6)11(17)15(8-10(16)14-13)9(2)12(3,4)5/h9H,7-8H2,1-6H3,(H,14,16). The summed E-state index contributed by atoms with van der Waals surface area (Å²) in [6.07, 6.45) is 0.616. The van der Waals surface area contributed by atoms with Crippen LogP contribution in [0.2, 0.25) is 0 Å². The molecular weight excluding hydrogens is 216 g/mol. The SMILES string of the molecule is CCC1(C)NC(=O)CN(C(C)C(C)(C)C)C1=O. The second kappa shape index (κ2) is 4.31. The van der Waals surface area contributed by atoms with Crippen LogP contribution in [0.1, 0.15) is 48.0 Å². The van der Waals surface area contributed by atoms with Crippen molar-refractivity contribution in [1.82, 2.24) is 10.2 Å². The first kappa shape index (κ1) is 14.0. The molecule has 1 heterocycles. The molecule has 1 fully saturated rings. The molecule has 2 unspecified atom stereocenters. The number of nitrogens with zero attached hydrogens (tertiary/aromatic N) is 1. The molecule has 2 amide bonds. The first-order valence-corrected chi connectivity index (χ1v) is 6.24. The van der Waals surface area contributed by atoms with Gasteiger partial charge in [-0.25, -0.2) is 0 Å². The molecule has 1 N–H and O–H groups in total. The van der Waals surface area contributed by atoms with Crippen LogP contribution < -0.4 is 5.32 Å². The predicted molar refractivity (Wildman–Crippen MR) is 67.5 cm³/mol. The van der Waals surface area contributed by atoms with E-state index in [0.29, 0.717) is 6.42 Å². The third-order valence-electron chi connectivity index (χ3n) is 3.89. The van der Waals surface area contributed by atoms with Crippen molar-refractivity contribution in [1.29, 1.82) is 0 Å². The Morgan fingerprint density at radius 2 is 1.94 bits per heavy atom. The average Bonchev–Trinajstić information content (AvgIpc) is 2.21. The van der Waals surface area contributed by atoms with Crippen molar-refractivity contribution in [2.75, 3.05) is 6.54 Å². The lowest BCUT2D eigenvalue weighted by molar-refractivity contribution is -0.153. The lowest BCUT2D eigenvalue weighted by Crippen LogP contribution is -2.67. The molecule has 0 spiro atoms. The zero-order valence-electron chi connectivity index (χ0n) is 11.8. The largest absolute Gasteiger partial charge is 0.340 e. The molecule has 0 aromatic carbocycles. The van der Waals surface area contributed by atoms with Gasteiger partial charge in [0.15, 0.2) is 0 Å². The maximum Gasteiger partial charge on any atom is 0.248 e. The number of nitrogens with one attached hydrogen (secondary N) is 1. The lowest BCUT2D eigenvalue weighted by Gasteiger charge is -2.45. The van der Waals surface area contributed by atoms with Crippen LogP contribution in [-0.4, -0.2) is 34.8 Å². The summed E-state index contributed by atoms with van der Waals surface area (Å²) in [5.74, 6) is -0.0351. The van der Waals surface area contributed by atoms with Gasteiger partial charge >= 0.3 is 0 Å². The molecule has 0 aliphatic carbocycles. The van der Waals surface area contributed by atoms with Crippen LogP contribution in [0.5, 0.6) is 0 Å². The fourth-order valence-corrected chi connectivity index (χ4v) is 1.96. The van der Waals surface area contributed by atoms with E-state index >= 15 is 0 Å². The maximum atomic E-state index is 12.4. The second-order valence-corrected chi connectivity index (χ2v) is 6.21. The van der Waals surface area contributed by atoms with Gasteiger partial charge in [0, 0.05) is 6.04 Å². The molecule has 0 saturated carbocycles.